The lowest BCUT2D eigenvalue weighted by molar-refractivity contribution is -0.109. The first-order valence-electron chi connectivity index (χ1n) is 7.69. The Morgan fingerprint density at radius 1 is 1.17 bits per heavy atom. The number of carbonyl (C=O) groups excluding carboxylic acids is 3. The highest BCUT2D eigenvalue weighted by atomic mass is 16.6. The quantitative estimate of drug-likeness (QED) is 0.746. The van der Waals surface area contributed by atoms with Crippen LogP contribution in [0.3, 0.4) is 0 Å². The van der Waals surface area contributed by atoms with Crippen LogP contribution in [-0.4, -0.2) is 36.7 Å². The van der Waals surface area contributed by atoms with Gasteiger partial charge in [-0.3, -0.25) is 0 Å². The third kappa shape index (κ3) is 8.77. The molecule has 0 aliphatic heterocycles. The third-order valence-corrected chi connectivity index (χ3v) is 2.80. The van der Waals surface area contributed by atoms with Crippen LogP contribution >= 0.6 is 0 Å². The maximum Gasteiger partial charge on any atom is 0.408 e. The molecule has 1 rings (SSSR count). The molecular formula is C17H24N2O5. The van der Waals surface area contributed by atoms with Crippen molar-refractivity contribution in [3.8, 4) is 0 Å². The number of ether oxygens (including phenoxy) is 2. The first-order valence-corrected chi connectivity index (χ1v) is 7.69. The van der Waals surface area contributed by atoms with Gasteiger partial charge in [-0.05, 0) is 32.8 Å². The van der Waals surface area contributed by atoms with Crippen LogP contribution in [0.2, 0.25) is 0 Å². The molecule has 0 saturated heterocycles. The molecule has 0 fully saturated rings. The molecule has 0 heterocycles. The van der Waals surface area contributed by atoms with Crippen molar-refractivity contribution < 1.29 is 23.9 Å². The molecule has 0 aliphatic rings. The van der Waals surface area contributed by atoms with Crippen molar-refractivity contribution in [2.24, 2.45) is 0 Å². The molecule has 0 bridgehead atoms. The van der Waals surface area contributed by atoms with E-state index in [9.17, 15) is 14.4 Å². The molecule has 0 aromatic heterocycles. The molecule has 132 valence electrons. The largest absolute Gasteiger partial charge is 0.445 e. The van der Waals surface area contributed by atoms with Gasteiger partial charge in [-0.25, -0.2) is 9.59 Å². The van der Waals surface area contributed by atoms with Gasteiger partial charge in [0, 0.05) is 6.54 Å². The van der Waals surface area contributed by atoms with Crippen LogP contribution in [0.1, 0.15) is 32.8 Å². The number of alkyl carbamates (subject to hydrolysis) is 2. The van der Waals surface area contributed by atoms with E-state index < -0.39 is 23.8 Å². The van der Waals surface area contributed by atoms with Gasteiger partial charge in [-0.2, -0.15) is 0 Å². The summed E-state index contributed by atoms with van der Waals surface area (Å²) in [6.45, 7) is 5.54. The lowest BCUT2D eigenvalue weighted by Crippen LogP contribution is -2.41. The Labute approximate surface area is 141 Å². The zero-order valence-electron chi connectivity index (χ0n) is 14.2. The van der Waals surface area contributed by atoms with Gasteiger partial charge >= 0.3 is 12.2 Å². The van der Waals surface area contributed by atoms with Crippen molar-refractivity contribution in [1.82, 2.24) is 10.6 Å². The second kappa shape index (κ2) is 9.54. The van der Waals surface area contributed by atoms with Crippen LogP contribution in [0.15, 0.2) is 30.3 Å². The van der Waals surface area contributed by atoms with Crippen LogP contribution in [0.4, 0.5) is 9.59 Å². The Bertz CT molecular complexity index is 540. The van der Waals surface area contributed by atoms with Crippen molar-refractivity contribution in [3.05, 3.63) is 35.9 Å². The molecule has 0 spiro atoms. The number of hydrogen-bond donors (Lipinski definition) is 2. The van der Waals surface area contributed by atoms with Crippen LogP contribution in [0.5, 0.6) is 0 Å². The number of rotatable bonds is 7. The van der Waals surface area contributed by atoms with Crippen LogP contribution in [0, 0.1) is 0 Å². The van der Waals surface area contributed by atoms with E-state index in [1.807, 2.05) is 30.3 Å². The Morgan fingerprint density at radius 2 is 1.83 bits per heavy atom. The minimum Gasteiger partial charge on any atom is -0.445 e. The van der Waals surface area contributed by atoms with E-state index in [1.165, 1.54) is 0 Å². The van der Waals surface area contributed by atoms with Crippen molar-refractivity contribution >= 4 is 18.5 Å². The van der Waals surface area contributed by atoms with Crippen molar-refractivity contribution in [3.63, 3.8) is 0 Å². The maximum atomic E-state index is 11.6. The Hall–Kier alpha value is -2.57. The van der Waals surface area contributed by atoms with E-state index in [4.69, 9.17) is 9.47 Å². The second-order valence-electron chi connectivity index (χ2n) is 6.17. The standard InChI is InChI=1S/C17H24N2O5/c1-17(2,3)24-16(22)19-14(11-20)9-10-18-15(21)23-12-13-7-5-4-6-8-13/h4-8,11,14H,9-10,12H2,1-3H3,(H,18,21)(H,19,22). The number of benzene rings is 1. The summed E-state index contributed by atoms with van der Waals surface area (Å²) in [6.07, 6.45) is -0.420. The van der Waals surface area contributed by atoms with Crippen LogP contribution in [-0.2, 0) is 20.9 Å². The van der Waals surface area contributed by atoms with E-state index >= 15 is 0 Å². The number of nitrogens with one attached hydrogen (secondary N) is 2. The molecule has 0 aliphatic carbocycles. The van der Waals surface area contributed by atoms with E-state index in [2.05, 4.69) is 10.6 Å². The number of hydrogen-bond acceptors (Lipinski definition) is 5. The van der Waals surface area contributed by atoms with E-state index in [1.54, 1.807) is 20.8 Å². The maximum absolute atomic E-state index is 11.6. The molecule has 2 N–H and O–H groups in total. The SMILES string of the molecule is CC(C)(C)OC(=O)NC(C=O)CCNC(=O)OCc1ccccc1. The fraction of sp³-hybridized carbons (Fsp3) is 0.471. The van der Waals surface area contributed by atoms with Crippen molar-refractivity contribution in [2.45, 2.75) is 45.4 Å². The molecular weight excluding hydrogens is 312 g/mol. The lowest BCUT2D eigenvalue weighted by atomic mass is 10.2. The Morgan fingerprint density at radius 3 is 2.42 bits per heavy atom. The van der Waals surface area contributed by atoms with E-state index in [0.717, 1.165) is 5.56 Å². The normalized spacial score (nSPS) is 12.0. The van der Waals surface area contributed by atoms with Crippen LogP contribution < -0.4 is 10.6 Å². The van der Waals surface area contributed by atoms with Gasteiger partial charge in [-0.15, -0.1) is 0 Å². The number of amides is 2. The topological polar surface area (TPSA) is 93.7 Å². The highest BCUT2D eigenvalue weighted by Crippen LogP contribution is 2.07. The molecule has 0 radical (unpaired) electrons. The third-order valence-electron chi connectivity index (χ3n) is 2.80. The lowest BCUT2D eigenvalue weighted by Gasteiger charge is -2.21. The molecule has 1 unspecified atom stereocenters. The molecule has 1 atom stereocenters. The summed E-state index contributed by atoms with van der Waals surface area (Å²) in [5, 5.41) is 4.96. The zero-order valence-corrected chi connectivity index (χ0v) is 14.2. The Kier molecular flexibility index (Phi) is 7.74. The van der Waals surface area contributed by atoms with Gasteiger partial charge in [0.2, 0.25) is 0 Å². The van der Waals surface area contributed by atoms with Crippen molar-refractivity contribution in [1.29, 1.82) is 0 Å². The summed E-state index contributed by atoms with van der Waals surface area (Å²) in [6, 6.07) is 8.54. The highest BCUT2D eigenvalue weighted by molar-refractivity contribution is 5.73. The number of carbonyl (C=O) groups is 3. The van der Waals surface area contributed by atoms with Crippen molar-refractivity contribution in [2.75, 3.05) is 6.54 Å². The molecule has 1 aromatic rings. The Balaban J connectivity index is 2.24. The highest BCUT2D eigenvalue weighted by Gasteiger charge is 2.19. The molecule has 7 heteroatoms. The predicted octanol–water partition coefficient (Wildman–Crippen LogP) is 2.40. The predicted molar refractivity (Wildman–Crippen MR) is 88.5 cm³/mol. The van der Waals surface area contributed by atoms with Crippen LogP contribution in [0.25, 0.3) is 0 Å². The van der Waals surface area contributed by atoms with E-state index in [-0.39, 0.29) is 19.6 Å². The zero-order chi connectivity index (χ0) is 18.0. The van der Waals surface area contributed by atoms with Gasteiger partial charge in [0.05, 0.1) is 6.04 Å². The minimum absolute atomic E-state index is 0.167. The fourth-order valence-corrected chi connectivity index (χ4v) is 1.74. The van der Waals surface area contributed by atoms with E-state index in [0.29, 0.717) is 6.29 Å². The second-order valence-corrected chi connectivity index (χ2v) is 6.17. The summed E-state index contributed by atoms with van der Waals surface area (Å²) in [4.78, 5) is 34.1. The molecule has 0 saturated carbocycles. The average Bonchev–Trinajstić information content (AvgIpc) is 2.51. The fourth-order valence-electron chi connectivity index (χ4n) is 1.74. The van der Waals surface area contributed by atoms with Gasteiger partial charge < -0.3 is 24.9 Å². The van der Waals surface area contributed by atoms with Gasteiger partial charge in [-0.1, -0.05) is 30.3 Å². The van der Waals surface area contributed by atoms with Gasteiger partial charge in [0.15, 0.2) is 0 Å². The first kappa shape index (κ1) is 19.5. The monoisotopic (exact) mass is 336 g/mol. The van der Waals surface area contributed by atoms with Gasteiger partial charge in [0.25, 0.3) is 0 Å². The number of aldehydes is 1. The smallest absolute Gasteiger partial charge is 0.408 e. The molecule has 2 amide bonds. The minimum atomic E-state index is -0.741. The summed E-state index contributed by atoms with van der Waals surface area (Å²) < 4.78 is 10.1. The summed E-state index contributed by atoms with van der Waals surface area (Å²) >= 11 is 0. The summed E-state index contributed by atoms with van der Waals surface area (Å²) in [7, 11) is 0. The molecule has 24 heavy (non-hydrogen) atoms. The molecule has 7 nitrogen and oxygen atoms in total. The average molecular weight is 336 g/mol. The summed E-state index contributed by atoms with van der Waals surface area (Å²) in [5.41, 5.74) is 0.238. The molecule has 1 aromatic carbocycles. The summed E-state index contributed by atoms with van der Waals surface area (Å²) in [5.74, 6) is 0. The first-order chi connectivity index (χ1) is 11.3. The van der Waals surface area contributed by atoms with Gasteiger partial charge in [0.1, 0.15) is 18.5 Å².